The maximum Gasteiger partial charge on any atom is 0.145 e. The summed E-state index contributed by atoms with van der Waals surface area (Å²) in [7, 11) is 0. The van der Waals surface area contributed by atoms with Crippen molar-refractivity contribution in [3.05, 3.63) is 58.8 Å². The minimum atomic E-state index is 0.890. The molecule has 0 saturated carbocycles. The summed E-state index contributed by atoms with van der Waals surface area (Å²) in [5.41, 5.74) is 3.62. The topological polar surface area (TPSA) is 17.3 Å². The van der Waals surface area contributed by atoms with E-state index in [1.807, 2.05) is 18.3 Å². The maximum absolute atomic E-state index is 4.62. The first kappa shape index (κ1) is 12.4. The molecule has 3 aromatic rings. The molecule has 0 unspecified atom stereocenters. The van der Waals surface area contributed by atoms with Crippen LogP contribution >= 0.6 is 15.9 Å². The Hall–Kier alpha value is -1.61. The van der Waals surface area contributed by atoms with Gasteiger partial charge in [-0.15, -0.1) is 0 Å². The summed E-state index contributed by atoms with van der Waals surface area (Å²) in [6, 6.07) is 14.8. The van der Waals surface area contributed by atoms with Crippen molar-refractivity contribution in [2.75, 3.05) is 0 Å². The highest BCUT2D eigenvalue weighted by atomic mass is 79.9. The molecule has 3 rings (SSSR count). The molecule has 0 fully saturated rings. The predicted molar refractivity (Wildman–Crippen MR) is 82.3 cm³/mol. The van der Waals surface area contributed by atoms with Crippen LogP contribution < -0.4 is 0 Å². The second-order valence-electron chi connectivity index (χ2n) is 4.63. The van der Waals surface area contributed by atoms with Gasteiger partial charge in [0.1, 0.15) is 10.4 Å². The number of nitrogens with zero attached hydrogens (tertiary/aromatic N) is 2. The molecule has 3 heteroatoms. The highest BCUT2D eigenvalue weighted by Crippen LogP contribution is 2.26. The Morgan fingerprint density at radius 2 is 1.89 bits per heavy atom. The molecule has 2 heterocycles. The molecule has 0 saturated heterocycles. The molecule has 0 aliphatic heterocycles. The van der Waals surface area contributed by atoms with Crippen LogP contribution in [0.2, 0.25) is 0 Å². The van der Waals surface area contributed by atoms with E-state index in [4.69, 9.17) is 0 Å². The fraction of sp³-hybridized carbons (Fsp3) is 0.188. The zero-order chi connectivity index (χ0) is 13.2. The molecule has 2 nitrogen and oxygen atoms in total. The van der Waals surface area contributed by atoms with E-state index in [9.17, 15) is 0 Å². The summed E-state index contributed by atoms with van der Waals surface area (Å²) >= 11 is 3.52. The zero-order valence-corrected chi connectivity index (χ0v) is 12.4. The van der Waals surface area contributed by atoms with Gasteiger partial charge in [0.15, 0.2) is 0 Å². The van der Waals surface area contributed by atoms with Gasteiger partial charge in [0.05, 0.1) is 5.52 Å². The van der Waals surface area contributed by atoms with Crippen molar-refractivity contribution in [2.24, 2.45) is 0 Å². The Labute approximate surface area is 121 Å². The van der Waals surface area contributed by atoms with Crippen LogP contribution in [-0.4, -0.2) is 9.38 Å². The average Bonchev–Trinajstić information content (AvgIpc) is 2.78. The quantitative estimate of drug-likeness (QED) is 0.684. The second kappa shape index (κ2) is 5.17. The highest BCUT2D eigenvalue weighted by molar-refractivity contribution is 9.10. The third kappa shape index (κ3) is 2.30. The van der Waals surface area contributed by atoms with Gasteiger partial charge in [-0.3, -0.25) is 4.40 Å². The third-order valence-corrected chi connectivity index (χ3v) is 3.84. The lowest BCUT2D eigenvalue weighted by molar-refractivity contribution is 0.922. The molecule has 19 heavy (non-hydrogen) atoms. The lowest BCUT2D eigenvalue weighted by Gasteiger charge is -2.03. The Bertz CT molecular complexity index is 698. The standard InChI is InChI=1S/C16H15BrN2/c1-2-5-12-7-9-13(10-8-12)16-18-15(17)14-6-3-4-11-19(14)16/h3-4,6-11H,2,5H2,1H3. The minimum Gasteiger partial charge on any atom is -0.299 e. The van der Waals surface area contributed by atoms with Crippen molar-refractivity contribution in [2.45, 2.75) is 19.8 Å². The molecule has 0 amide bonds. The van der Waals surface area contributed by atoms with Gasteiger partial charge < -0.3 is 0 Å². The molecule has 0 aliphatic carbocycles. The smallest absolute Gasteiger partial charge is 0.145 e. The van der Waals surface area contributed by atoms with Gasteiger partial charge in [-0.2, -0.15) is 0 Å². The van der Waals surface area contributed by atoms with Crippen LogP contribution in [0.1, 0.15) is 18.9 Å². The molecule has 0 aliphatic rings. The first-order chi connectivity index (χ1) is 9.29. The lowest BCUT2D eigenvalue weighted by atomic mass is 10.1. The van der Waals surface area contributed by atoms with Crippen molar-refractivity contribution in [1.29, 1.82) is 0 Å². The van der Waals surface area contributed by atoms with Crippen LogP contribution in [0.3, 0.4) is 0 Å². The number of fused-ring (bicyclic) bond motifs is 1. The zero-order valence-electron chi connectivity index (χ0n) is 10.8. The van der Waals surface area contributed by atoms with E-state index < -0.39 is 0 Å². The lowest BCUT2D eigenvalue weighted by Crippen LogP contribution is -1.89. The van der Waals surface area contributed by atoms with E-state index in [0.29, 0.717) is 0 Å². The summed E-state index contributed by atoms with van der Waals surface area (Å²) in [6.07, 6.45) is 4.35. The van der Waals surface area contributed by atoms with Crippen LogP contribution in [0.25, 0.3) is 16.9 Å². The summed E-state index contributed by atoms with van der Waals surface area (Å²) < 4.78 is 3.00. The molecule has 0 bridgehead atoms. The van der Waals surface area contributed by atoms with Gasteiger partial charge in [0, 0.05) is 11.8 Å². The third-order valence-electron chi connectivity index (χ3n) is 3.25. The maximum atomic E-state index is 4.62. The molecule has 0 atom stereocenters. The van der Waals surface area contributed by atoms with E-state index in [2.05, 4.69) is 62.6 Å². The Kier molecular flexibility index (Phi) is 3.38. The summed E-state index contributed by atoms with van der Waals surface area (Å²) in [4.78, 5) is 4.62. The van der Waals surface area contributed by atoms with Gasteiger partial charge in [-0.25, -0.2) is 4.98 Å². The molecule has 0 radical (unpaired) electrons. The number of hydrogen-bond acceptors (Lipinski definition) is 1. The number of aryl methyl sites for hydroxylation is 1. The van der Waals surface area contributed by atoms with Crippen molar-refractivity contribution >= 4 is 21.4 Å². The second-order valence-corrected chi connectivity index (χ2v) is 5.38. The summed E-state index contributed by atoms with van der Waals surface area (Å²) in [6.45, 7) is 2.20. The molecule has 96 valence electrons. The molecular formula is C16H15BrN2. The van der Waals surface area contributed by atoms with Crippen molar-refractivity contribution in [1.82, 2.24) is 9.38 Å². The fourth-order valence-electron chi connectivity index (χ4n) is 2.31. The van der Waals surface area contributed by atoms with E-state index in [0.717, 1.165) is 27.9 Å². The number of pyridine rings is 1. The monoisotopic (exact) mass is 314 g/mol. The number of halogens is 1. The van der Waals surface area contributed by atoms with Crippen LogP contribution in [0.4, 0.5) is 0 Å². The Morgan fingerprint density at radius 3 is 2.63 bits per heavy atom. The Morgan fingerprint density at radius 1 is 1.11 bits per heavy atom. The molecule has 0 N–H and O–H groups in total. The normalized spacial score (nSPS) is 11.1. The van der Waals surface area contributed by atoms with Crippen LogP contribution in [-0.2, 0) is 6.42 Å². The van der Waals surface area contributed by atoms with E-state index in [1.54, 1.807) is 0 Å². The van der Waals surface area contributed by atoms with Crippen LogP contribution in [0, 0.1) is 0 Å². The van der Waals surface area contributed by atoms with Gasteiger partial charge in [-0.05, 0) is 40.0 Å². The van der Waals surface area contributed by atoms with Crippen LogP contribution in [0.5, 0.6) is 0 Å². The van der Waals surface area contributed by atoms with E-state index >= 15 is 0 Å². The summed E-state index contributed by atoms with van der Waals surface area (Å²) in [5, 5.41) is 0. The van der Waals surface area contributed by atoms with Gasteiger partial charge >= 0.3 is 0 Å². The SMILES string of the molecule is CCCc1ccc(-c2nc(Br)c3ccccn23)cc1. The number of rotatable bonds is 3. The number of hydrogen-bond donors (Lipinski definition) is 0. The van der Waals surface area contributed by atoms with Gasteiger partial charge in [0.25, 0.3) is 0 Å². The largest absolute Gasteiger partial charge is 0.299 e. The fourth-order valence-corrected chi connectivity index (χ4v) is 2.80. The molecule has 2 aromatic heterocycles. The average molecular weight is 315 g/mol. The molecular weight excluding hydrogens is 300 g/mol. The number of aromatic nitrogens is 2. The Balaban J connectivity index is 2.09. The predicted octanol–water partition coefficient (Wildman–Crippen LogP) is 4.72. The first-order valence-electron chi connectivity index (χ1n) is 6.51. The molecule has 1 aromatic carbocycles. The van der Waals surface area contributed by atoms with Gasteiger partial charge in [-0.1, -0.05) is 43.7 Å². The van der Waals surface area contributed by atoms with E-state index in [1.165, 1.54) is 12.0 Å². The van der Waals surface area contributed by atoms with E-state index in [-0.39, 0.29) is 0 Å². The highest BCUT2D eigenvalue weighted by Gasteiger charge is 2.09. The van der Waals surface area contributed by atoms with Crippen LogP contribution in [0.15, 0.2) is 53.3 Å². The minimum absolute atomic E-state index is 0.890. The van der Waals surface area contributed by atoms with Crippen molar-refractivity contribution in [3.8, 4) is 11.4 Å². The molecule has 0 spiro atoms. The van der Waals surface area contributed by atoms with Crippen molar-refractivity contribution in [3.63, 3.8) is 0 Å². The first-order valence-corrected chi connectivity index (χ1v) is 7.31. The number of benzene rings is 1. The summed E-state index contributed by atoms with van der Waals surface area (Å²) in [5.74, 6) is 0.977. The van der Waals surface area contributed by atoms with Crippen molar-refractivity contribution < 1.29 is 0 Å². The van der Waals surface area contributed by atoms with Gasteiger partial charge in [0.2, 0.25) is 0 Å². The number of imidazole rings is 1.